The third kappa shape index (κ3) is 12.2. The van der Waals surface area contributed by atoms with E-state index in [-0.39, 0.29) is 37.5 Å². The third-order valence-electron chi connectivity index (χ3n) is 13.0. The summed E-state index contributed by atoms with van der Waals surface area (Å²) >= 11 is 0. The van der Waals surface area contributed by atoms with E-state index in [1.165, 1.54) is 21.3 Å². The molecule has 2 unspecified atom stereocenters. The summed E-state index contributed by atoms with van der Waals surface area (Å²) in [7, 11) is 4.56. The number of piperidine rings is 1. The van der Waals surface area contributed by atoms with Gasteiger partial charge in [-0.15, -0.1) is 6.58 Å². The molecule has 1 saturated carbocycles. The topological polar surface area (TPSA) is 205 Å². The van der Waals surface area contributed by atoms with E-state index in [1.807, 2.05) is 19.1 Å². The van der Waals surface area contributed by atoms with Gasteiger partial charge in [-0.05, 0) is 96.0 Å². The quantitative estimate of drug-likeness (QED) is 0.157. The Labute approximate surface area is 354 Å². The van der Waals surface area contributed by atoms with Crippen molar-refractivity contribution in [3.8, 4) is 0 Å². The van der Waals surface area contributed by atoms with Gasteiger partial charge in [0.05, 0.1) is 30.5 Å². The first-order chi connectivity index (χ1) is 28.5. The van der Waals surface area contributed by atoms with Gasteiger partial charge in [0, 0.05) is 52.0 Å². The van der Waals surface area contributed by atoms with Crippen LogP contribution in [0.3, 0.4) is 0 Å². The Morgan fingerprint density at radius 1 is 0.967 bits per heavy atom. The van der Waals surface area contributed by atoms with Gasteiger partial charge in [-0.2, -0.15) is 0 Å². The van der Waals surface area contributed by atoms with E-state index in [9.17, 15) is 34.2 Å². The molecule has 0 aromatic heterocycles. The number of methoxy groups -OCH3 is 3. The highest BCUT2D eigenvalue weighted by atomic mass is 16.7. The summed E-state index contributed by atoms with van der Waals surface area (Å²) in [5.74, 6) is -9.09. The maximum absolute atomic E-state index is 14.4. The van der Waals surface area contributed by atoms with Crippen LogP contribution < -0.4 is 0 Å². The monoisotopic (exact) mass is 847 g/mol. The Kier molecular flexibility index (Phi) is 18.7. The fraction of sp³-hybridized carbons (Fsp3) is 0.756. The number of Topliss-reactive ketones (excluding diaryl/α,β-unsaturated/α-hetero) is 2. The number of carboxylic acid groups (broad SMARTS) is 1. The molecule has 3 N–H and O–H groups in total. The largest absolute Gasteiger partial charge is 0.480 e. The number of carbonyl (C=O) groups is 5. The van der Waals surface area contributed by atoms with Crippen LogP contribution in [0.15, 0.2) is 36.0 Å². The molecular weight excluding hydrogens is 778 g/mol. The lowest BCUT2D eigenvalue weighted by Crippen LogP contribution is -2.64. The average molecular weight is 848 g/mol. The minimum atomic E-state index is -2.52. The molecule has 2 bridgehead atoms. The predicted molar refractivity (Wildman–Crippen MR) is 219 cm³/mol. The van der Waals surface area contributed by atoms with Crippen LogP contribution in [-0.2, 0) is 52.4 Å². The molecular formula is C45H69NO14. The lowest BCUT2D eigenvalue weighted by atomic mass is 9.81. The van der Waals surface area contributed by atoms with Gasteiger partial charge >= 0.3 is 11.9 Å². The van der Waals surface area contributed by atoms with E-state index in [0.29, 0.717) is 63.4 Å². The zero-order valence-corrected chi connectivity index (χ0v) is 36.5. The molecule has 0 spiro atoms. The second kappa shape index (κ2) is 22.7. The van der Waals surface area contributed by atoms with Crippen molar-refractivity contribution in [3.05, 3.63) is 36.0 Å². The first kappa shape index (κ1) is 49.3. The van der Waals surface area contributed by atoms with E-state index >= 15 is 0 Å². The smallest absolute Gasteiger partial charge is 0.329 e. The van der Waals surface area contributed by atoms with Crippen LogP contribution in [0.4, 0.5) is 0 Å². The molecule has 60 heavy (non-hydrogen) atoms. The molecule has 0 aromatic carbocycles. The number of fused-ring (bicyclic) bond motifs is 3. The molecule has 13 atom stereocenters. The van der Waals surface area contributed by atoms with Crippen LogP contribution in [-0.4, -0.2) is 139 Å². The van der Waals surface area contributed by atoms with Crippen LogP contribution in [0.25, 0.3) is 0 Å². The molecule has 4 aliphatic rings. The zero-order valence-electron chi connectivity index (χ0n) is 36.5. The maximum atomic E-state index is 14.4. The lowest BCUT2D eigenvalue weighted by Gasteiger charge is -2.46. The van der Waals surface area contributed by atoms with Crippen molar-refractivity contribution in [2.45, 2.75) is 159 Å². The zero-order chi connectivity index (χ0) is 44.3. The number of amides is 1. The van der Waals surface area contributed by atoms with Crippen LogP contribution in [0.1, 0.15) is 105 Å². The number of aliphatic carboxylic acids is 1. The number of nitrogens with zero attached hydrogens (tertiary/aromatic N) is 1. The van der Waals surface area contributed by atoms with Gasteiger partial charge in [-0.25, -0.2) is 9.59 Å². The SMILES string of the molecule is C=CCC1/C=C(\C)CCC[C@H](OC)[C@H]2O[C@@](O)(C(=O)C(=O)N3CCCC[C@H]3C(=O)O[C@H](/C(C)=C/C3CC[C@@H](OCC(=O)O)[C@H](OC)C3)[C@H](C)[C@@H](O)CC1=O)[C@H](C)C[C@@H]2OC. The number of esters is 1. The highest BCUT2D eigenvalue weighted by molar-refractivity contribution is 6.39. The van der Waals surface area contributed by atoms with E-state index < -0.39 is 103 Å². The summed E-state index contributed by atoms with van der Waals surface area (Å²) < 4.78 is 35.4. The Hall–Kier alpha value is -3.31. The van der Waals surface area contributed by atoms with Crippen molar-refractivity contribution in [2.24, 2.45) is 23.7 Å². The summed E-state index contributed by atoms with van der Waals surface area (Å²) in [5, 5.41) is 32.9. The van der Waals surface area contributed by atoms with Crippen molar-refractivity contribution in [3.63, 3.8) is 0 Å². The van der Waals surface area contributed by atoms with Gasteiger partial charge in [-0.3, -0.25) is 14.4 Å². The molecule has 3 aliphatic heterocycles. The number of hydrogen-bond donors (Lipinski definition) is 3. The van der Waals surface area contributed by atoms with Crippen molar-refractivity contribution in [1.82, 2.24) is 4.90 Å². The van der Waals surface area contributed by atoms with E-state index in [0.717, 1.165) is 10.5 Å². The average Bonchev–Trinajstić information content (AvgIpc) is 3.23. The van der Waals surface area contributed by atoms with Gasteiger partial charge in [0.25, 0.3) is 11.7 Å². The molecule has 1 amide bonds. The number of ether oxygens (including phenoxy) is 6. The second-order valence-corrected chi connectivity index (χ2v) is 17.3. The second-order valence-electron chi connectivity index (χ2n) is 17.3. The summed E-state index contributed by atoms with van der Waals surface area (Å²) in [5.41, 5.74) is 1.55. The predicted octanol–water partition coefficient (Wildman–Crippen LogP) is 4.50. The van der Waals surface area contributed by atoms with E-state index in [2.05, 4.69) is 6.58 Å². The number of carboxylic acids is 1. The molecule has 15 nitrogen and oxygen atoms in total. The van der Waals surface area contributed by atoms with Gasteiger partial charge in [0.15, 0.2) is 0 Å². The minimum absolute atomic E-state index is 0.0639. The highest BCUT2D eigenvalue weighted by Gasteiger charge is 2.56. The molecule has 4 rings (SSSR count). The number of aliphatic hydroxyl groups is 2. The molecule has 0 aromatic rings. The van der Waals surface area contributed by atoms with Gasteiger partial charge in [-0.1, -0.05) is 37.6 Å². The molecule has 0 radical (unpaired) electrons. The standard InChI is InChI=1S/C45H69NO14/c1-9-13-31-20-26(2)14-12-16-36(55-6)41-38(57-8)22-28(4)45(54,60-41)42(51)43(52)46-19-11-10-15-32(46)44(53)59-40(29(5)33(47)24-34(31)48)27(3)21-30-17-18-35(37(23-30)56-7)58-25-39(49)50/h9,20-21,28-33,35-38,40-41,47,54H,1,10-19,22-25H2,2-8H3,(H,49,50)/b26-20+,27-21+/t28-,29-,30?,31?,32+,33+,35-,36+,37-,38+,40-,41-,45-/m1/s1. The Morgan fingerprint density at radius 2 is 1.67 bits per heavy atom. The van der Waals surface area contributed by atoms with Crippen LogP contribution in [0, 0.1) is 23.7 Å². The molecule has 2 saturated heterocycles. The van der Waals surface area contributed by atoms with Gasteiger partial charge in [0.1, 0.15) is 30.6 Å². The number of hydrogen-bond acceptors (Lipinski definition) is 13. The van der Waals surface area contributed by atoms with Crippen LogP contribution >= 0.6 is 0 Å². The first-order valence-electron chi connectivity index (χ1n) is 21.5. The van der Waals surface area contributed by atoms with Crippen molar-refractivity contribution >= 4 is 29.4 Å². The Bertz CT molecular complexity index is 1580. The van der Waals surface area contributed by atoms with E-state index in [1.54, 1.807) is 26.8 Å². The third-order valence-corrected chi connectivity index (χ3v) is 13.0. The van der Waals surface area contributed by atoms with E-state index in [4.69, 9.17) is 33.5 Å². The van der Waals surface area contributed by atoms with Crippen molar-refractivity contribution in [2.75, 3.05) is 34.5 Å². The normalized spacial score (nSPS) is 38.2. The number of rotatable bonds is 10. The van der Waals surface area contributed by atoms with Gasteiger partial charge in [0.2, 0.25) is 5.79 Å². The fourth-order valence-electron chi connectivity index (χ4n) is 9.40. The van der Waals surface area contributed by atoms with Crippen molar-refractivity contribution in [1.29, 1.82) is 0 Å². The fourth-order valence-corrected chi connectivity index (χ4v) is 9.40. The number of ketones is 2. The number of aliphatic hydroxyl groups excluding tert-OH is 1. The Balaban J connectivity index is 1.73. The summed E-state index contributed by atoms with van der Waals surface area (Å²) in [6.07, 6.45) is 5.29. The number of carbonyl (C=O) groups excluding carboxylic acids is 4. The van der Waals surface area contributed by atoms with Crippen LogP contribution in [0.2, 0.25) is 0 Å². The minimum Gasteiger partial charge on any atom is -0.480 e. The summed E-state index contributed by atoms with van der Waals surface area (Å²) in [4.78, 5) is 69.0. The summed E-state index contributed by atoms with van der Waals surface area (Å²) in [6, 6.07) is -1.17. The molecule has 338 valence electrons. The van der Waals surface area contributed by atoms with Crippen molar-refractivity contribution < 1.29 is 67.7 Å². The number of cyclic esters (lactones) is 1. The highest BCUT2D eigenvalue weighted by Crippen LogP contribution is 2.39. The lowest BCUT2D eigenvalue weighted by molar-refractivity contribution is -0.302. The first-order valence-corrected chi connectivity index (χ1v) is 21.5. The molecule has 15 heteroatoms. The molecule has 1 aliphatic carbocycles. The number of allylic oxidation sites excluding steroid dienone is 4. The molecule has 3 heterocycles. The molecule has 3 fully saturated rings. The van der Waals surface area contributed by atoms with Gasteiger partial charge < -0.3 is 48.6 Å². The Morgan fingerprint density at radius 3 is 2.32 bits per heavy atom. The maximum Gasteiger partial charge on any atom is 0.329 e. The van der Waals surface area contributed by atoms with Crippen LogP contribution in [0.5, 0.6) is 0 Å². The summed E-state index contributed by atoms with van der Waals surface area (Å²) in [6.45, 7) is 10.5.